The molecule has 0 bridgehead atoms. The molecule has 1 saturated carbocycles. The molecule has 8 heteroatoms. The summed E-state index contributed by atoms with van der Waals surface area (Å²) in [5, 5.41) is 13.0. The van der Waals surface area contributed by atoms with Crippen LogP contribution in [0.5, 0.6) is 0 Å². The lowest BCUT2D eigenvalue weighted by Crippen LogP contribution is -2.30. The normalized spacial score (nSPS) is 21.9. The molecule has 1 fully saturated rings. The molecular formula is C21H19ClF3NO2S. The summed E-state index contributed by atoms with van der Waals surface area (Å²) in [5.41, 5.74) is 0.818. The third-order valence-corrected chi connectivity index (χ3v) is 6.54. The van der Waals surface area contributed by atoms with E-state index < -0.39 is 29.5 Å². The Hall–Kier alpha value is -1.96. The molecule has 1 aliphatic carbocycles. The molecule has 2 N–H and O–H groups in total. The van der Waals surface area contributed by atoms with Crippen molar-refractivity contribution in [1.82, 2.24) is 0 Å². The fourth-order valence-corrected chi connectivity index (χ4v) is 4.96. The Morgan fingerprint density at radius 1 is 1.24 bits per heavy atom. The molecule has 3 rings (SSSR count). The van der Waals surface area contributed by atoms with Gasteiger partial charge in [-0.25, -0.2) is 13.2 Å². The Kier molecular flexibility index (Phi) is 6.61. The first-order chi connectivity index (χ1) is 13.7. The van der Waals surface area contributed by atoms with Crippen LogP contribution in [0.25, 0.3) is 0 Å². The molecule has 0 aromatic heterocycles. The molecule has 1 aliphatic rings. The molecule has 0 saturated heterocycles. The monoisotopic (exact) mass is 441 g/mol. The largest absolute Gasteiger partial charge is 0.388 e. The van der Waals surface area contributed by atoms with Crippen LogP contribution in [0.2, 0.25) is 5.02 Å². The Bertz CT molecular complexity index is 946. The average molecular weight is 442 g/mol. The van der Waals surface area contributed by atoms with Gasteiger partial charge in [0.05, 0.1) is 11.1 Å². The quantitative estimate of drug-likeness (QED) is 0.464. The Morgan fingerprint density at radius 3 is 2.52 bits per heavy atom. The van der Waals surface area contributed by atoms with Crippen LogP contribution >= 0.6 is 23.4 Å². The van der Waals surface area contributed by atoms with Crippen LogP contribution in [0.3, 0.4) is 0 Å². The summed E-state index contributed by atoms with van der Waals surface area (Å²) in [7, 11) is 0. The molecule has 0 radical (unpaired) electrons. The van der Waals surface area contributed by atoms with Gasteiger partial charge in [0.15, 0.2) is 17.5 Å². The Balaban J connectivity index is 1.76. The maximum atomic E-state index is 13.3. The maximum Gasteiger partial charge on any atom is 0.255 e. The van der Waals surface area contributed by atoms with E-state index in [0.29, 0.717) is 28.5 Å². The maximum absolute atomic E-state index is 13.3. The zero-order valence-electron chi connectivity index (χ0n) is 15.5. The number of benzene rings is 2. The molecule has 3 nitrogen and oxygen atoms in total. The van der Waals surface area contributed by atoms with Gasteiger partial charge in [-0.1, -0.05) is 25.1 Å². The average Bonchev–Trinajstić information content (AvgIpc) is 2.65. The van der Waals surface area contributed by atoms with Gasteiger partial charge in [-0.15, -0.1) is 11.8 Å². The van der Waals surface area contributed by atoms with Gasteiger partial charge >= 0.3 is 0 Å². The van der Waals surface area contributed by atoms with Gasteiger partial charge in [0, 0.05) is 33.5 Å². The lowest BCUT2D eigenvalue weighted by Gasteiger charge is -2.32. The van der Waals surface area contributed by atoms with Crippen molar-refractivity contribution in [3.8, 4) is 0 Å². The number of halogens is 4. The van der Waals surface area contributed by atoms with E-state index in [-0.39, 0.29) is 22.4 Å². The van der Waals surface area contributed by atoms with Crippen molar-refractivity contribution in [2.45, 2.75) is 36.0 Å². The van der Waals surface area contributed by atoms with E-state index in [1.807, 2.05) is 6.92 Å². The van der Waals surface area contributed by atoms with E-state index in [4.69, 9.17) is 11.6 Å². The highest BCUT2D eigenvalue weighted by Crippen LogP contribution is 2.40. The molecule has 2 aromatic rings. The molecule has 29 heavy (non-hydrogen) atoms. The first kappa shape index (κ1) is 21.7. The number of thioether (sulfide) groups is 1. The Labute approximate surface area is 176 Å². The summed E-state index contributed by atoms with van der Waals surface area (Å²) < 4.78 is 39.8. The van der Waals surface area contributed by atoms with Gasteiger partial charge < -0.3 is 10.4 Å². The second-order valence-electron chi connectivity index (χ2n) is 7.11. The predicted octanol–water partition coefficient (Wildman–Crippen LogP) is 5.82. The first-order valence-electron chi connectivity index (χ1n) is 8.93. The van der Waals surface area contributed by atoms with Crippen molar-refractivity contribution in [3.05, 3.63) is 70.5 Å². The Morgan fingerprint density at radius 2 is 1.90 bits per heavy atom. The van der Waals surface area contributed by atoms with E-state index in [0.717, 1.165) is 12.0 Å². The minimum absolute atomic E-state index is 0.0716. The molecule has 3 atom stereocenters. The molecular weight excluding hydrogens is 423 g/mol. The van der Waals surface area contributed by atoms with Crippen LogP contribution in [-0.4, -0.2) is 22.4 Å². The van der Waals surface area contributed by atoms with Crippen molar-refractivity contribution in [1.29, 1.82) is 0 Å². The fraction of sp³-hybridized carbons (Fsp3) is 0.286. The van der Waals surface area contributed by atoms with E-state index in [1.165, 1.54) is 17.8 Å². The molecule has 0 heterocycles. The SMILES string of the molecule is C=C1C[C@H](Sc2cc(C(=O)Nc3cc(F)c(F)c(F)c3)ccc2Cl)CC(C)[C@H]1O. The zero-order chi connectivity index (χ0) is 21.3. The summed E-state index contributed by atoms with van der Waals surface area (Å²) in [6, 6.07) is 6.08. The van der Waals surface area contributed by atoms with Gasteiger partial charge in [0.2, 0.25) is 0 Å². The number of amides is 1. The van der Waals surface area contributed by atoms with Gasteiger partial charge in [-0.05, 0) is 42.5 Å². The number of rotatable bonds is 4. The number of anilines is 1. The van der Waals surface area contributed by atoms with Crippen LogP contribution in [-0.2, 0) is 0 Å². The van der Waals surface area contributed by atoms with Gasteiger partial charge in [-0.3, -0.25) is 4.79 Å². The molecule has 154 valence electrons. The van der Waals surface area contributed by atoms with Crippen molar-refractivity contribution in [2.24, 2.45) is 5.92 Å². The minimum atomic E-state index is -1.60. The molecule has 1 amide bonds. The lowest BCUT2D eigenvalue weighted by molar-refractivity contribution is 0.102. The highest BCUT2D eigenvalue weighted by atomic mass is 35.5. The number of nitrogens with one attached hydrogen (secondary N) is 1. The van der Waals surface area contributed by atoms with Crippen LogP contribution in [0.1, 0.15) is 30.1 Å². The standard InChI is InChI=1S/C21H19ClF3NO2S/c1-10-5-14(6-11(2)20(10)27)29-18-7-12(3-4-15(18)22)21(28)26-13-8-16(23)19(25)17(24)9-13/h3-4,7-9,11,14,20,27H,1,5-6H2,2H3,(H,26,28)/t11?,14-,20-/m0/s1. The lowest BCUT2D eigenvalue weighted by atomic mass is 9.84. The molecule has 1 unspecified atom stereocenters. The molecule has 2 aromatic carbocycles. The molecule has 0 aliphatic heterocycles. The topological polar surface area (TPSA) is 49.3 Å². The number of aliphatic hydroxyl groups is 1. The summed E-state index contributed by atoms with van der Waals surface area (Å²) in [6.07, 6.45) is 0.888. The summed E-state index contributed by atoms with van der Waals surface area (Å²) >= 11 is 7.77. The van der Waals surface area contributed by atoms with Crippen molar-refractivity contribution in [3.63, 3.8) is 0 Å². The van der Waals surface area contributed by atoms with Crippen LogP contribution in [0.4, 0.5) is 18.9 Å². The van der Waals surface area contributed by atoms with Crippen LogP contribution < -0.4 is 5.32 Å². The zero-order valence-corrected chi connectivity index (χ0v) is 17.1. The van der Waals surface area contributed by atoms with Crippen molar-refractivity contribution < 1.29 is 23.1 Å². The van der Waals surface area contributed by atoms with Gasteiger partial charge in [0.1, 0.15) is 0 Å². The highest BCUT2D eigenvalue weighted by molar-refractivity contribution is 8.00. The summed E-state index contributed by atoms with van der Waals surface area (Å²) in [5.74, 6) is -4.90. The van der Waals surface area contributed by atoms with Crippen molar-refractivity contribution in [2.75, 3.05) is 5.32 Å². The first-order valence-corrected chi connectivity index (χ1v) is 10.2. The minimum Gasteiger partial charge on any atom is -0.388 e. The van der Waals surface area contributed by atoms with E-state index in [1.54, 1.807) is 12.1 Å². The van der Waals surface area contributed by atoms with E-state index in [2.05, 4.69) is 11.9 Å². The highest BCUT2D eigenvalue weighted by Gasteiger charge is 2.29. The van der Waals surface area contributed by atoms with Crippen LogP contribution in [0.15, 0.2) is 47.4 Å². The fourth-order valence-electron chi connectivity index (χ4n) is 3.28. The number of hydrogen-bond acceptors (Lipinski definition) is 3. The number of hydrogen-bond donors (Lipinski definition) is 2. The third-order valence-electron chi connectivity index (χ3n) is 4.81. The predicted molar refractivity (Wildman–Crippen MR) is 109 cm³/mol. The number of aliphatic hydroxyl groups excluding tert-OH is 1. The van der Waals surface area contributed by atoms with Crippen molar-refractivity contribution >= 4 is 35.0 Å². The second kappa shape index (κ2) is 8.81. The van der Waals surface area contributed by atoms with E-state index in [9.17, 15) is 23.1 Å². The van der Waals surface area contributed by atoms with E-state index >= 15 is 0 Å². The third kappa shape index (κ3) is 4.97. The van der Waals surface area contributed by atoms with Crippen LogP contribution in [0, 0.1) is 23.4 Å². The number of carbonyl (C=O) groups excluding carboxylic acids is 1. The summed E-state index contributed by atoms with van der Waals surface area (Å²) in [4.78, 5) is 13.2. The number of carbonyl (C=O) groups is 1. The summed E-state index contributed by atoms with van der Waals surface area (Å²) in [6.45, 7) is 5.88. The smallest absolute Gasteiger partial charge is 0.255 e. The van der Waals surface area contributed by atoms with Gasteiger partial charge in [-0.2, -0.15) is 0 Å². The second-order valence-corrected chi connectivity index (χ2v) is 8.86. The van der Waals surface area contributed by atoms with Gasteiger partial charge in [0.25, 0.3) is 5.91 Å². The molecule has 0 spiro atoms.